The van der Waals surface area contributed by atoms with Gasteiger partial charge in [-0.2, -0.15) is 0 Å². The Labute approximate surface area is 158 Å². The highest BCUT2D eigenvalue weighted by molar-refractivity contribution is 7.89. The smallest absolute Gasteiger partial charge is 0.255 e. The first-order chi connectivity index (χ1) is 12.8. The summed E-state index contributed by atoms with van der Waals surface area (Å²) in [4.78, 5) is 12.4. The Kier molecular flexibility index (Phi) is 5.79. The van der Waals surface area contributed by atoms with Gasteiger partial charge < -0.3 is 14.8 Å². The molecule has 1 atom stereocenters. The third-order valence-electron chi connectivity index (χ3n) is 4.33. The molecular formula is C19H22N2O5S. The van der Waals surface area contributed by atoms with Gasteiger partial charge in [-0.25, -0.2) is 13.6 Å². The maximum atomic E-state index is 12.4. The van der Waals surface area contributed by atoms with Crippen LogP contribution in [0.5, 0.6) is 5.75 Å². The highest BCUT2D eigenvalue weighted by atomic mass is 32.2. The van der Waals surface area contributed by atoms with Crippen LogP contribution in [0.2, 0.25) is 0 Å². The van der Waals surface area contributed by atoms with Crippen molar-refractivity contribution in [1.82, 2.24) is 0 Å². The average Bonchev–Trinajstić information content (AvgIpc) is 3.14. The number of ether oxygens (including phenoxy) is 2. The Morgan fingerprint density at radius 1 is 1.26 bits per heavy atom. The van der Waals surface area contributed by atoms with E-state index in [9.17, 15) is 13.2 Å². The first-order valence-electron chi connectivity index (χ1n) is 8.62. The van der Waals surface area contributed by atoms with E-state index in [0.717, 1.165) is 19.4 Å². The second kappa shape index (κ2) is 8.08. The molecule has 144 valence electrons. The summed E-state index contributed by atoms with van der Waals surface area (Å²) in [5.41, 5.74) is 1.30. The van der Waals surface area contributed by atoms with E-state index in [4.69, 9.17) is 14.6 Å². The fourth-order valence-corrected chi connectivity index (χ4v) is 3.66. The molecule has 1 aliphatic heterocycles. The van der Waals surface area contributed by atoms with Crippen molar-refractivity contribution in [3.8, 4) is 5.75 Å². The van der Waals surface area contributed by atoms with Gasteiger partial charge in [0.25, 0.3) is 5.91 Å². The molecule has 0 spiro atoms. The van der Waals surface area contributed by atoms with Crippen molar-refractivity contribution in [2.24, 2.45) is 5.14 Å². The van der Waals surface area contributed by atoms with E-state index in [1.165, 1.54) is 6.07 Å². The Balaban J connectivity index is 1.64. The minimum atomic E-state index is -3.85. The van der Waals surface area contributed by atoms with E-state index in [1.807, 2.05) is 0 Å². The van der Waals surface area contributed by atoms with E-state index in [1.54, 1.807) is 43.3 Å². The number of carbonyl (C=O) groups is 1. The summed E-state index contributed by atoms with van der Waals surface area (Å²) in [5, 5.41) is 7.87. The van der Waals surface area contributed by atoms with E-state index in [2.05, 4.69) is 5.32 Å². The van der Waals surface area contributed by atoms with E-state index in [-0.39, 0.29) is 16.9 Å². The number of amides is 1. The van der Waals surface area contributed by atoms with Crippen LogP contribution in [0.4, 0.5) is 5.69 Å². The highest BCUT2D eigenvalue weighted by Crippen LogP contribution is 2.21. The molecule has 3 rings (SSSR count). The molecule has 2 aromatic carbocycles. The lowest BCUT2D eigenvalue weighted by molar-refractivity contribution is 0.0679. The zero-order chi connectivity index (χ0) is 19.4. The minimum Gasteiger partial charge on any atom is -0.491 e. The second-order valence-corrected chi connectivity index (χ2v) is 7.98. The number of carbonyl (C=O) groups excluding carboxylic acids is 1. The Morgan fingerprint density at radius 3 is 2.63 bits per heavy atom. The quantitative estimate of drug-likeness (QED) is 0.788. The van der Waals surface area contributed by atoms with Crippen LogP contribution < -0.4 is 15.2 Å². The van der Waals surface area contributed by atoms with E-state index in [0.29, 0.717) is 29.2 Å². The molecule has 0 unspecified atom stereocenters. The summed E-state index contributed by atoms with van der Waals surface area (Å²) < 4.78 is 34.4. The number of hydrogen-bond acceptors (Lipinski definition) is 5. The topological polar surface area (TPSA) is 108 Å². The molecule has 1 heterocycles. The van der Waals surface area contributed by atoms with Crippen molar-refractivity contribution in [1.29, 1.82) is 0 Å². The van der Waals surface area contributed by atoms with Gasteiger partial charge in [-0.3, -0.25) is 4.79 Å². The van der Waals surface area contributed by atoms with Gasteiger partial charge in [-0.05, 0) is 61.7 Å². The van der Waals surface area contributed by atoms with Crippen LogP contribution in [0.3, 0.4) is 0 Å². The van der Waals surface area contributed by atoms with Crippen LogP contribution in [-0.2, 0) is 14.8 Å². The lowest BCUT2D eigenvalue weighted by Crippen LogP contribution is -2.17. The van der Waals surface area contributed by atoms with E-state index < -0.39 is 10.0 Å². The number of nitrogens with two attached hydrogens (primary N) is 1. The molecule has 3 N–H and O–H groups in total. The second-order valence-electron chi connectivity index (χ2n) is 6.45. The van der Waals surface area contributed by atoms with Gasteiger partial charge >= 0.3 is 0 Å². The van der Waals surface area contributed by atoms with Crippen LogP contribution in [0.1, 0.15) is 28.8 Å². The number of anilines is 1. The number of benzene rings is 2. The third kappa shape index (κ3) is 5.06. The summed E-state index contributed by atoms with van der Waals surface area (Å²) >= 11 is 0. The normalized spacial score (nSPS) is 16.9. The first-order valence-corrected chi connectivity index (χ1v) is 10.2. The van der Waals surface area contributed by atoms with Gasteiger partial charge in [-0.15, -0.1) is 0 Å². The molecule has 1 saturated heterocycles. The number of primary sulfonamides is 1. The predicted molar refractivity (Wildman–Crippen MR) is 101 cm³/mol. The van der Waals surface area contributed by atoms with Crippen molar-refractivity contribution < 1.29 is 22.7 Å². The lowest BCUT2D eigenvalue weighted by atomic mass is 10.2. The molecule has 0 aromatic heterocycles. The summed E-state index contributed by atoms with van der Waals surface area (Å²) in [6, 6.07) is 11.3. The summed E-state index contributed by atoms with van der Waals surface area (Å²) in [6.45, 7) is 2.91. The Bertz CT molecular complexity index is 920. The van der Waals surface area contributed by atoms with Crippen LogP contribution in [0, 0.1) is 6.92 Å². The molecule has 0 saturated carbocycles. The van der Waals surface area contributed by atoms with Crippen LogP contribution in [0.15, 0.2) is 47.4 Å². The SMILES string of the molecule is Cc1ccc(NC(=O)c2ccc(OC[C@@H]3CCCO3)cc2)cc1S(N)(=O)=O. The molecule has 0 aliphatic carbocycles. The highest BCUT2D eigenvalue weighted by Gasteiger charge is 2.16. The number of sulfonamides is 1. The van der Waals surface area contributed by atoms with Crippen molar-refractivity contribution in [2.45, 2.75) is 30.8 Å². The molecule has 0 bridgehead atoms. The van der Waals surface area contributed by atoms with Crippen LogP contribution >= 0.6 is 0 Å². The molecule has 7 nitrogen and oxygen atoms in total. The Morgan fingerprint density at radius 2 is 2.00 bits per heavy atom. The van der Waals surface area contributed by atoms with Gasteiger partial charge in [0, 0.05) is 17.9 Å². The van der Waals surface area contributed by atoms with Crippen molar-refractivity contribution in [3.05, 3.63) is 53.6 Å². The van der Waals surface area contributed by atoms with Crippen molar-refractivity contribution >= 4 is 21.6 Å². The molecule has 0 radical (unpaired) electrons. The molecular weight excluding hydrogens is 368 g/mol. The third-order valence-corrected chi connectivity index (χ3v) is 5.38. The number of nitrogens with one attached hydrogen (secondary N) is 1. The zero-order valence-electron chi connectivity index (χ0n) is 15.0. The van der Waals surface area contributed by atoms with Crippen molar-refractivity contribution in [3.63, 3.8) is 0 Å². The molecule has 2 aromatic rings. The summed E-state index contributed by atoms with van der Waals surface area (Å²) in [6.07, 6.45) is 2.18. The lowest BCUT2D eigenvalue weighted by Gasteiger charge is -2.12. The van der Waals surface area contributed by atoms with Gasteiger partial charge in [0.2, 0.25) is 10.0 Å². The fraction of sp³-hybridized carbons (Fsp3) is 0.316. The molecule has 8 heteroatoms. The monoisotopic (exact) mass is 390 g/mol. The molecule has 1 fully saturated rings. The largest absolute Gasteiger partial charge is 0.491 e. The van der Waals surface area contributed by atoms with Gasteiger partial charge in [0.05, 0.1) is 11.0 Å². The number of rotatable bonds is 6. The first kappa shape index (κ1) is 19.3. The van der Waals surface area contributed by atoms with Crippen LogP contribution in [-0.4, -0.2) is 33.6 Å². The maximum Gasteiger partial charge on any atom is 0.255 e. The van der Waals surface area contributed by atoms with Gasteiger partial charge in [0.1, 0.15) is 12.4 Å². The molecule has 1 amide bonds. The van der Waals surface area contributed by atoms with E-state index >= 15 is 0 Å². The zero-order valence-corrected chi connectivity index (χ0v) is 15.8. The van der Waals surface area contributed by atoms with Gasteiger partial charge in [0.15, 0.2) is 0 Å². The van der Waals surface area contributed by atoms with Crippen LogP contribution in [0.25, 0.3) is 0 Å². The minimum absolute atomic E-state index is 0.0156. The molecule has 27 heavy (non-hydrogen) atoms. The summed E-state index contributed by atoms with van der Waals surface area (Å²) in [5.74, 6) is 0.304. The standard InChI is InChI=1S/C19H22N2O5S/c1-13-4-7-15(11-18(13)27(20,23)24)21-19(22)14-5-8-16(9-6-14)26-12-17-3-2-10-25-17/h4-9,11,17H,2-3,10,12H2,1H3,(H,21,22)(H2,20,23,24)/t17-/m0/s1. The molecule has 1 aliphatic rings. The summed E-state index contributed by atoms with van der Waals surface area (Å²) in [7, 11) is -3.85. The number of hydrogen-bond donors (Lipinski definition) is 2. The fourth-order valence-electron chi connectivity index (χ4n) is 2.86. The predicted octanol–water partition coefficient (Wildman–Crippen LogP) is 2.45. The Hall–Kier alpha value is -2.42. The van der Waals surface area contributed by atoms with Gasteiger partial charge in [-0.1, -0.05) is 6.07 Å². The average molecular weight is 390 g/mol. The van der Waals surface area contributed by atoms with Crippen molar-refractivity contribution in [2.75, 3.05) is 18.5 Å². The maximum absolute atomic E-state index is 12.4. The number of aryl methyl sites for hydroxylation is 1.